The van der Waals surface area contributed by atoms with Crippen molar-refractivity contribution >= 4 is 0 Å². The fourth-order valence-electron chi connectivity index (χ4n) is 2.03. The van der Waals surface area contributed by atoms with Gasteiger partial charge in [-0.15, -0.1) is 0 Å². The van der Waals surface area contributed by atoms with E-state index < -0.39 is 0 Å². The van der Waals surface area contributed by atoms with Gasteiger partial charge in [-0.25, -0.2) is 0 Å². The SMILES string of the molecule is COCC(CO)N1CC2(CC2)C1. The largest absolute Gasteiger partial charge is 0.395 e. The van der Waals surface area contributed by atoms with Gasteiger partial charge in [0.25, 0.3) is 0 Å². The topological polar surface area (TPSA) is 32.7 Å². The van der Waals surface area contributed by atoms with Crippen molar-refractivity contribution in [2.75, 3.05) is 33.4 Å². The molecule has 1 aliphatic heterocycles. The Bertz CT molecular complexity index is 160. The third-order valence-corrected chi connectivity index (χ3v) is 3.12. The average molecular weight is 171 g/mol. The van der Waals surface area contributed by atoms with Crippen LogP contribution < -0.4 is 0 Å². The first-order valence-corrected chi connectivity index (χ1v) is 4.63. The van der Waals surface area contributed by atoms with Crippen molar-refractivity contribution in [3.8, 4) is 0 Å². The highest BCUT2D eigenvalue weighted by Crippen LogP contribution is 2.53. The predicted molar refractivity (Wildman–Crippen MR) is 46.0 cm³/mol. The Balaban J connectivity index is 1.76. The van der Waals surface area contributed by atoms with Gasteiger partial charge in [0.2, 0.25) is 0 Å². The van der Waals surface area contributed by atoms with Gasteiger partial charge in [-0.2, -0.15) is 0 Å². The summed E-state index contributed by atoms with van der Waals surface area (Å²) in [5.41, 5.74) is 0.682. The fraction of sp³-hybridized carbons (Fsp3) is 1.00. The fourth-order valence-corrected chi connectivity index (χ4v) is 2.03. The molecule has 2 rings (SSSR count). The van der Waals surface area contributed by atoms with Crippen LogP contribution in [0.5, 0.6) is 0 Å². The van der Waals surface area contributed by atoms with Crippen molar-refractivity contribution in [3.63, 3.8) is 0 Å². The Labute approximate surface area is 73.3 Å². The lowest BCUT2D eigenvalue weighted by Gasteiger charge is -2.44. The van der Waals surface area contributed by atoms with Crippen LogP contribution in [0.1, 0.15) is 12.8 Å². The van der Waals surface area contributed by atoms with Crippen molar-refractivity contribution in [3.05, 3.63) is 0 Å². The number of hydrogen-bond donors (Lipinski definition) is 1. The minimum absolute atomic E-state index is 0.226. The van der Waals surface area contributed by atoms with Crippen molar-refractivity contribution in [1.29, 1.82) is 0 Å². The number of likely N-dealkylation sites (tertiary alicyclic amines) is 1. The van der Waals surface area contributed by atoms with E-state index in [1.54, 1.807) is 7.11 Å². The van der Waals surface area contributed by atoms with E-state index in [4.69, 9.17) is 9.84 Å². The summed E-state index contributed by atoms with van der Waals surface area (Å²) >= 11 is 0. The summed E-state index contributed by atoms with van der Waals surface area (Å²) in [6.45, 7) is 3.25. The smallest absolute Gasteiger partial charge is 0.0640 e. The number of rotatable bonds is 4. The Hall–Kier alpha value is -0.120. The Morgan fingerprint density at radius 2 is 2.17 bits per heavy atom. The molecule has 2 fully saturated rings. The molecule has 0 radical (unpaired) electrons. The minimum atomic E-state index is 0.226. The molecule has 2 aliphatic rings. The summed E-state index contributed by atoms with van der Waals surface area (Å²) < 4.78 is 5.04. The molecule has 3 heteroatoms. The van der Waals surface area contributed by atoms with Crippen LogP contribution in [0.4, 0.5) is 0 Å². The zero-order valence-corrected chi connectivity index (χ0v) is 7.62. The third kappa shape index (κ3) is 1.37. The zero-order valence-electron chi connectivity index (χ0n) is 7.62. The molecule has 1 heterocycles. The molecule has 0 amide bonds. The van der Waals surface area contributed by atoms with E-state index >= 15 is 0 Å². The molecule has 1 aliphatic carbocycles. The normalized spacial score (nSPS) is 28.5. The van der Waals surface area contributed by atoms with Crippen LogP contribution in [-0.2, 0) is 4.74 Å². The molecule has 3 nitrogen and oxygen atoms in total. The molecule has 70 valence electrons. The maximum Gasteiger partial charge on any atom is 0.0640 e. The second-order valence-electron chi connectivity index (χ2n) is 4.20. The highest BCUT2D eigenvalue weighted by Gasteiger charge is 2.53. The number of hydrogen-bond acceptors (Lipinski definition) is 3. The number of aliphatic hydroxyl groups is 1. The van der Waals surface area contributed by atoms with Crippen LogP contribution in [0.25, 0.3) is 0 Å². The standard InChI is InChI=1S/C9H17NO2/c1-12-5-8(4-11)10-6-9(7-10)2-3-9/h8,11H,2-7H2,1H3. The summed E-state index contributed by atoms with van der Waals surface area (Å²) in [5.74, 6) is 0. The van der Waals surface area contributed by atoms with Gasteiger partial charge in [-0.05, 0) is 18.3 Å². The van der Waals surface area contributed by atoms with E-state index in [1.165, 1.54) is 25.9 Å². The third-order valence-electron chi connectivity index (χ3n) is 3.12. The lowest BCUT2D eigenvalue weighted by Crippen LogP contribution is -2.56. The molecular weight excluding hydrogens is 154 g/mol. The van der Waals surface area contributed by atoms with E-state index in [1.807, 2.05) is 0 Å². The van der Waals surface area contributed by atoms with E-state index in [-0.39, 0.29) is 12.6 Å². The summed E-state index contributed by atoms with van der Waals surface area (Å²) in [7, 11) is 1.69. The number of aliphatic hydroxyl groups excluding tert-OH is 1. The lowest BCUT2D eigenvalue weighted by atomic mass is 9.95. The molecule has 12 heavy (non-hydrogen) atoms. The molecule has 1 spiro atoms. The highest BCUT2D eigenvalue weighted by molar-refractivity contribution is 5.06. The molecule has 0 aromatic heterocycles. The first-order chi connectivity index (χ1) is 5.79. The quantitative estimate of drug-likeness (QED) is 0.650. The average Bonchev–Trinajstić information content (AvgIpc) is 2.77. The van der Waals surface area contributed by atoms with Gasteiger partial charge in [0.05, 0.1) is 19.3 Å². The van der Waals surface area contributed by atoms with Crippen LogP contribution in [-0.4, -0.2) is 49.5 Å². The van der Waals surface area contributed by atoms with Gasteiger partial charge in [0, 0.05) is 20.2 Å². The predicted octanol–water partition coefficient (Wildman–Crippen LogP) is 0.0895. The van der Waals surface area contributed by atoms with Gasteiger partial charge >= 0.3 is 0 Å². The van der Waals surface area contributed by atoms with Crippen LogP contribution >= 0.6 is 0 Å². The van der Waals surface area contributed by atoms with Crippen LogP contribution in [0.15, 0.2) is 0 Å². The second-order valence-corrected chi connectivity index (χ2v) is 4.20. The molecule has 1 saturated carbocycles. The summed E-state index contributed by atoms with van der Waals surface area (Å²) in [6.07, 6.45) is 2.79. The number of methoxy groups -OCH3 is 1. The maximum atomic E-state index is 9.06. The maximum absolute atomic E-state index is 9.06. The summed E-state index contributed by atoms with van der Waals surface area (Å²) in [4.78, 5) is 2.33. The first kappa shape index (κ1) is 8.48. The highest BCUT2D eigenvalue weighted by atomic mass is 16.5. The van der Waals surface area contributed by atoms with Crippen LogP contribution in [0.2, 0.25) is 0 Å². The molecule has 0 bridgehead atoms. The summed E-state index contributed by atoms with van der Waals surface area (Å²) in [6, 6.07) is 0.237. The first-order valence-electron chi connectivity index (χ1n) is 4.63. The van der Waals surface area contributed by atoms with E-state index in [0.717, 1.165) is 0 Å². The monoisotopic (exact) mass is 171 g/mol. The molecule has 0 aromatic rings. The van der Waals surface area contributed by atoms with E-state index in [2.05, 4.69) is 4.90 Å². The van der Waals surface area contributed by atoms with Crippen molar-refractivity contribution in [2.24, 2.45) is 5.41 Å². The van der Waals surface area contributed by atoms with E-state index in [9.17, 15) is 0 Å². The Morgan fingerprint density at radius 3 is 2.58 bits per heavy atom. The van der Waals surface area contributed by atoms with Gasteiger partial charge in [-0.1, -0.05) is 0 Å². The molecule has 1 unspecified atom stereocenters. The van der Waals surface area contributed by atoms with Crippen molar-refractivity contribution in [2.45, 2.75) is 18.9 Å². The summed E-state index contributed by atoms with van der Waals surface area (Å²) in [5, 5.41) is 9.06. The second kappa shape index (κ2) is 2.98. The lowest BCUT2D eigenvalue weighted by molar-refractivity contribution is -0.0220. The molecule has 1 N–H and O–H groups in total. The molecule has 0 aromatic carbocycles. The Kier molecular flexibility index (Phi) is 2.10. The van der Waals surface area contributed by atoms with Crippen molar-refractivity contribution in [1.82, 2.24) is 4.90 Å². The number of nitrogens with zero attached hydrogens (tertiary/aromatic N) is 1. The van der Waals surface area contributed by atoms with Gasteiger partial charge in [-0.3, -0.25) is 4.90 Å². The van der Waals surface area contributed by atoms with Gasteiger partial charge in [0.15, 0.2) is 0 Å². The number of ether oxygens (including phenoxy) is 1. The van der Waals surface area contributed by atoms with Crippen LogP contribution in [0, 0.1) is 5.41 Å². The van der Waals surface area contributed by atoms with Crippen LogP contribution in [0.3, 0.4) is 0 Å². The minimum Gasteiger partial charge on any atom is -0.395 e. The molecule has 1 saturated heterocycles. The van der Waals surface area contributed by atoms with Crippen molar-refractivity contribution < 1.29 is 9.84 Å². The zero-order chi connectivity index (χ0) is 8.60. The molecule has 1 atom stereocenters. The Morgan fingerprint density at radius 1 is 1.50 bits per heavy atom. The van der Waals surface area contributed by atoms with Gasteiger partial charge in [0.1, 0.15) is 0 Å². The van der Waals surface area contributed by atoms with Gasteiger partial charge < -0.3 is 9.84 Å². The van der Waals surface area contributed by atoms with E-state index in [0.29, 0.717) is 12.0 Å². The molecular formula is C9H17NO2.